The minimum Gasteiger partial charge on any atom is -0.461 e. The minimum absolute atomic E-state index is 0.00244. The van der Waals surface area contributed by atoms with Crippen LogP contribution in [-0.4, -0.2) is 59.9 Å². The molecule has 18 heteroatoms. The number of aromatic nitrogens is 6. The van der Waals surface area contributed by atoms with Crippen LogP contribution in [0.4, 0.5) is 32.2 Å². The van der Waals surface area contributed by atoms with Crippen molar-refractivity contribution in [1.29, 1.82) is 0 Å². The summed E-state index contributed by atoms with van der Waals surface area (Å²) >= 11 is 2.88. The van der Waals surface area contributed by atoms with Crippen LogP contribution in [-0.2, 0) is 21.8 Å². The van der Waals surface area contributed by atoms with Crippen molar-refractivity contribution >= 4 is 45.0 Å². The fourth-order valence-corrected chi connectivity index (χ4v) is 7.93. The van der Waals surface area contributed by atoms with Gasteiger partial charge in [-0.15, -0.1) is 0 Å². The summed E-state index contributed by atoms with van der Waals surface area (Å²) < 4.78 is 90.4. The van der Waals surface area contributed by atoms with Crippen LogP contribution in [0, 0.1) is 17.8 Å². The number of hydrogen-bond donors (Lipinski definition) is 1. The van der Waals surface area contributed by atoms with Crippen molar-refractivity contribution in [2.24, 2.45) is 17.8 Å². The quantitative estimate of drug-likeness (QED) is 0.126. The smallest absolute Gasteiger partial charge is 0.433 e. The molecule has 258 valence electrons. The predicted octanol–water partition coefficient (Wildman–Crippen LogP) is 6.99. The molecule has 0 spiro atoms. The van der Waals surface area contributed by atoms with Gasteiger partial charge >= 0.3 is 24.3 Å². The molecule has 4 aromatic heterocycles. The molecule has 4 saturated carbocycles. The number of rotatable bonds is 6. The van der Waals surface area contributed by atoms with E-state index in [4.69, 9.17) is 4.74 Å². The molecule has 8 rings (SSSR count). The van der Waals surface area contributed by atoms with Crippen molar-refractivity contribution in [3.63, 3.8) is 0 Å². The highest BCUT2D eigenvalue weighted by atomic mass is 79.9. The average molecular weight is 747 g/mol. The number of esters is 2. The number of hydrogen-bond acceptors (Lipinski definition) is 9. The van der Waals surface area contributed by atoms with Crippen LogP contribution in [0.5, 0.6) is 0 Å². The van der Waals surface area contributed by atoms with E-state index in [1.807, 2.05) is 0 Å². The molecular weight excluding hydrogens is 716 g/mol. The van der Waals surface area contributed by atoms with Gasteiger partial charge in [-0.1, -0.05) is 0 Å². The van der Waals surface area contributed by atoms with E-state index in [-0.39, 0.29) is 51.9 Å². The minimum atomic E-state index is -4.63. The first-order valence-electron chi connectivity index (χ1n) is 15.3. The Kier molecular flexibility index (Phi) is 8.83. The van der Waals surface area contributed by atoms with Crippen LogP contribution < -0.4 is 5.32 Å². The van der Waals surface area contributed by atoms with Crippen LogP contribution in [0.1, 0.15) is 84.7 Å². The Morgan fingerprint density at radius 1 is 0.792 bits per heavy atom. The van der Waals surface area contributed by atoms with E-state index < -0.39 is 35.7 Å². The molecule has 1 N–H and O–H groups in total. The Morgan fingerprint density at radius 2 is 1.23 bits per heavy atom. The topological polar surface area (TPSA) is 125 Å². The monoisotopic (exact) mass is 745 g/mol. The van der Waals surface area contributed by atoms with Gasteiger partial charge in [-0.2, -0.15) is 36.5 Å². The Hall–Kier alpha value is -3.96. The lowest BCUT2D eigenvalue weighted by atomic mass is 9.53. The second-order valence-corrected chi connectivity index (χ2v) is 13.2. The Bertz CT molecular complexity index is 1840. The second-order valence-electron chi connectivity index (χ2n) is 12.3. The van der Waals surface area contributed by atoms with Crippen LogP contribution in [0.3, 0.4) is 0 Å². The molecule has 0 amide bonds. The summed E-state index contributed by atoms with van der Waals surface area (Å²) in [6.07, 6.45) is -2.55. The molecule has 4 aromatic rings. The van der Waals surface area contributed by atoms with Crippen molar-refractivity contribution < 1.29 is 45.4 Å². The summed E-state index contributed by atoms with van der Waals surface area (Å²) in [5.41, 5.74) is -2.67. The predicted molar refractivity (Wildman–Crippen MR) is 160 cm³/mol. The molecule has 48 heavy (non-hydrogen) atoms. The van der Waals surface area contributed by atoms with Crippen molar-refractivity contribution in [3.8, 4) is 0 Å². The zero-order chi connectivity index (χ0) is 34.6. The number of carbonyl (C=O) groups excluding carboxylic acids is 2. The standard InChI is InChI=1S/C20H23F3N4O2.C10H7BrF3N3O2/c1-2-29-18(28)14-6-17-24-16(7-15(20(21,22)23)27(17)26-14)25-19-8-11-3-12(9-19)5-13(4-11)10-19;1-2-19-9(18)5-3-8-15-7(11)4-6(10(12,13)14)17(8)16-5/h6-7,11-13H,2-5,8-10H2,1H3,(H,24,25);3-4H,2H2,1H3. The summed E-state index contributed by atoms with van der Waals surface area (Å²) in [5.74, 6) is 0.612. The molecule has 0 aliphatic heterocycles. The van der Waals surface area contributed by atoms with E-state index in [1.165, 1.54) is 25.3 Å². The second kappa shape index (κ2) is 12.5. The number of halogens is 7. The number of nitrogens with zero attached hydrogens (tertiary/aromatic N) is 6. The Labute approximate surface area is 277 Å². The molecule has 4 heterocycles. The zero-order valence-electron chi connectivity index (χ0n) is 25.7. The fraction of sp³-hybridized carbons (Fsp3) is 0.533. The lowest BCUT2D eigenvalue weighted by molar-refractivity contribution is -0.143. The van der Waals surface area contributed by atoms with E-state index in [0.717, 1.165) is 37.5 Å². The molecule has 4 fully saturated rings. The largest absolute Gasteiger partial charge is 0.461 e. The van der Waals surface area contributed by atoms with Gasteiger partial charge in [0, 0.05) is 29.8 Å². The number of fused-ring (bicyclic) bond motifs is 2. The van der Waals surface area contributed by atoms with Crippen molar-refractivity contribution in [3.05, 3.63) is 51.6 Å². The lowest BCUT2D eigenvalue weighted by Crippen LogP contribution is -2.54. The normalized spacial score (nSPS) is 23.2. The van der Waals surface area contributed by atoms with Gasteiger partial charge in [0.15, 0.2) is 34.1 Å². The van der Waals surface area contributed by atoms with E-state index in [2.05, 4.69) is 46.1 Å². The molecule has 4 bridgehead atoms. The first-order chi connectivity index (χ1) is 22.6. The van der Waals surface area contributed by atoms with Gasteiger partial charge in [0.2, 0.25) is 0 Å². The van der Waals surface area contributed by atoms with Gasteiger partial charge in [0.1, 0.15) is 10.4 Å². The Balaban J connectivity index is 0.000000184. The van der Waals surface area contributed by atoms with Crippen LogP contribution in [0.25, 0.3) is 11.3 Å². The number of alkyl halides is 6. The lowest BCUT2D eigenvalue weighted by Gasteiger charge is -2.57. The highest BCUT2D eigenvalue weighted by molar-refractivity contribution is 9.10. The van der Waals surface area contributed by atoms with Gasteiger partial charge in [0.25, 0.3) is 0 Å². The summed E-state index contributed by atoms with van der Waals surface area (Å²) in [6, 6.07) is 4.18. The summed E-state index contributed by atoms with van der Waals surface area (Å²) in [7, 11) is 0. The van der Waals surface area contributed by atoms with Crippen LogP contribution in [0.2, 0.25) is 0 Å². The van der Waals surface area contributed by atoms with E-state index in [1.54, 1.807) is 13.8 Å². The van der Waals surface area contributed by atoms with E-state index in [0.29, 0.717) is 26.8 Å². The van der Waals surface area contributed by atoms with Crippen molar-refractivity contribution in [2.45, 2.75) is 70.3 Å². The van der Waals surface area contributed by atoms with Gasteiger partial charge in [-0.25, -0.2) is 28.6 Å². The maximum Gasteiger partial charge on any atom is 0.433 e. The first kappa shape index (κ1) is 33.9. The van der Waals surface area contributed by atoms with Crippen LogP contribution >= 0.6 is 15.9 Å². The average Bonchev–Trinajstić information content (AvgIpc) is 3.60. The molecule has 0 aromatic carbocycles. The molecule has 4 aliphatic carbocycles. The van der Waals surface area contributed by atoms with E-state index in [9.17, 15) is 35.9 Å². The molecule has 4 aliphatic rings. The highest BCUT2D eigenvalue weighted by Crippen LogP contribution is 2.56. The Morgan fingerprint density at radius 3 is 1.67 bits per heavy atom. The molecule has 0 saturated heterocycles. The first-order valence-corrected chi connectivity index (χ1v) is 16.1. The number of carbonyl (C=O) groups is 2. The van der Waals surface area contributed by atoms with Gasteiger partial charge in [0.05, 0.1) is 13.2 Å². The third-order valence-electron chi connectivity index (χ3n) is 8.80. The fourth-order valence-electron chi connectivity index (χ4n) is 7.53. The molecule has 0 unspecified atom stereocenters. The maximum atomic E-state index is 13.7. The van der Waals surface area contributed by atoms with Gasteiger partial charge < -0.3 is 14.8 Å². The summed E-state index contributed by atoms with van der Waals surface area (Å²) in [6.45, 7) is 3.44. The third kappa shape index (κ3) is 6.80. The van der Waals surface area contributed by atoms with Crippen molar-refractivity contribution in [1.82, 2.24) is 29.2 Å². The van der Waals surface area contributed by atoms with Gasteiger partial charge in [-0.05, 0) is 86.1 Å². The molecular formula is C30H30BrF6N7O4. The van der Waals surface area contributed by atoms with Gasteiger partial charge in [-0.3, -0.25) is 0 Å². The van der Waals surface area contributed by atoms with E-state index >= 15 is 0 Å². The SMILES string of the molecule is CCOC(=O)c1cc2nc(Br)cc(C(F)(F)F)n2n1.CCOC(=O)c1cc2nc(NC34CC5CC(CC(C5)C3)C4)cc(C(F)(F)F)n2n1. The number of anilines is 1. The third-order valence-corrected chi connectivity index (χ3v) is 9.21. The highest BCUT2D eigenvalue weighted by Gasteiger charge is 2.51. The number of nitrogens with one attached hydrogen (secondary N) is 1. The molecule has 0 atom stereocenters. The summed E-state index contributed by atoms with van der Waals surface area (Å²) in [5, 5.41) is 10.8. The zero-order valence-corrected chi connectivity index (χ0v) is 27.2. The van der Waals surface area contributed by atoms with Crippen molar-refractivity contribution in [2.75, 3.05) is 18.5 Å². The number of ether oxygens (including phenoxy) is 2. The van der Waals surface area contributed by atoms with Crippen LogP contribution in [0.15, 0.2) is 28.9 Å². The maximum absolute atomic E-state index is 13.7. The molecule has 11 nitrogen and oxygen atoms in total. The summed E-state index contributed by atoms with van der Waals surface area (Å²) in [4.78, 5) is 31.6. The molecule has 0 radical (unpaired) electrons.